The molecule has 0 fully saturated rings. The molecule has 0 unspecified atom stereocenters. The van der Waals surface area contributed by atoms with Crippen molar-refractivity contribution in [3.05, 3.63) is 53.1 Å². The number of nitrogens with zero attached hydrogens (tertiary/aromatic N) is 1. The highest BCUT2D eigenvalue weighted by Crippen LogP contribution is 2.23. The maximum atomic E-state index is 10.0. The fourth-order valence-corrected chi connectivity index (χ4v) is 3.30. The van der Waals surface area contributed by atoms with Crippen molar-refractivity contribution in [1.29, 1.82) is 0 Å². The second-order valence-electron chi connectivity index (χ2n) is 5.91. The molecule has 6 heteroatoms. The topological polar surface area (TPSA) is 65.9 Å². The molecule has 2 aromatic rings. The van der Waals surface area contributed by atoms with Gasteiger partial charge in [-0.1, -0.05) is 18.2 Å². The van der Waals surface area contributed by atoms with E-state index < -0.39 is 0 Å². The van der Waals surface area contributed by atoms with Gasteiger partial charge in [0.2, 0.25) is 0 Å². The number of nitrogens with one attached hydrogen (secondary N) is 2. The van der Waals surface area contributed by atoms with E-state index in [1.807, 2.05) is 12.1 Å². The first-order valence-corrected chi connectivity index (χ1v) is 9.73. The number of rotatable bonds is 7. The average molecular weight is 374 g/mol. The van der Waals surface area contributed by atoms with Gasteiger partial charge in [-0.25, -0.2) is 0 Å². The lowest BCUT2D eigenvalue weighted by Crippen LogP contribution is -2.38. The van der Waals surface area contributed by atoms with Crippen LogP contribution in [0.1, 0.15) is 16.7 Å². The number of hydrogen-bond acceptors (Lipinski definition) is 4. The van der Waals surface area contributed by atoms with Crippen molar-refractivity contribution in [3.63, 3.8) is 0 Å². The van der Waals surface area contributed by atoms with Crippen molar-refractivity contribution >= 4 is 17.7 Å². The molecular weight excluding hydrogens is 346 g/mol. The summed E-state index contributed by atoms with van der Waals surface area (Å²) in [6, 6.07) is 11.8. The fourth-order valence-electron chi connectivity index (χ4n) is 2.59. The fraction of sp³-hybridized carbons (Fsp3) is 0.350. The lowest BCUT2D eigenvalue weighted by atomic mass is 10.1. The van der Waals surface area contributed by atoms with E-state index in [-0.39, 0.29) is 5.75 Å². The van der Waals surface area contributed by atoms with Gasteiger partial charge in [0.15, 0.2) is 5.96 Å². The van der Waals surface area contributed by atoms with Crippen molar-refractivity contribution in [2.45, 2.75) is 24.8 Å². The number of phenols is 1. The molecule has 0 spiro atoms. The van der Waals surface area contributed by atoms with Crippen LogP contribution in [0.25, 0.3) is 0 Å². The average Bonchev–Trinajstić information content (AvgIpc) is 2.66. The van der Waals surface area contributed by atoms with Gasteiger partial charge < -0.3 is 20.5 Å². The zero-order valence-corrected chi connectivity index (χ0v) is 16.6. The molecule has 5 nitrogen and oxygen atoms in total. The Kier molecular flexibility index (Phi) is 7.66. The van der Waals surface area contributed by atoms with Crippen LogP contribution in [0.3, 0.4) is 0 Å². The van der Waals surface area contributed by atoms with Crippen LogP contribution in [-0.4, -0.2) is 38.0 Å². The van der Waals surface area contributed by atoms with E-state index in [0.29, 0.717) is 25.3 Å². The monoisotopic (exact) mass is 373 g/mol. The van der Waals surface area contributed by atoms with Gasteiger partial charge in [0, 0.05) is 31.1 Å². The van der Waals surface area contributed by atoms with Gasteiger partial charge in [0.25, 0.3) is 0 Å². The number of aryl methyl sites for hydroxylation is 1. The second-order valence-corrected chi connectivity index (χ2v) is 6.76. The van der Waals surface area contributed by atoms with E-state index in [9.17, 15) is 5.11 Å². The number of phenolic OH excluding ortho intramolecular Hbond substituents is 1. The summed E-state index contributed by atoms with van der Waals surface area (Å²) in [6.45, 7) is 3.48. The molecule has 2 rings (SSSR count). The number of guanidine groups is 1. The molecular formula is C20H27N3O2S. The van der Waals surface area contributed by atoms with Crippen LogP contribution in [0.2, 0.25) is 0 Å². The van der Waals surface area contributed by atoms with Gasteiger partial charge in [-0.3, -0.25) is 4.99 Å². The molecule has 0 aliphatic rings. The summed E-state index contributed by atoms with van der Waals surface area (Å²) in [5.41, 5.74) is 3.38. The smallest absolute Gasteiger partial charge is 0.191 e. The van der Waals surface area contributed by atoms with Gasteiger partial charge in [-0.2, -0.15) is 0 Å². The van der Waals surface area contributed by atoms with E-state index in [4.69, 9.17) is 4.74 Å². The third kappa shape index (κ3) is 5.59. The Morgan fingerprint density at radius 3 is 2.58 bits per heavy atom. The zero-order valence-electron chi connectivity index (χ0n) is 15.8. The van der Waals surface area contributed by atoms with E-state index in [1.165, 1.54) is 16.0 Å². The van der Waals surface area contributed by atoms with Crippen LogP contribution in [0, 0.1) is 6.92 Å². The molecule has 2 aromatic carbocycles. The molecule has 0 radical (unpaired) electrons. The van der Waals surface area contributed by atoms with E-state index in [0.717, 1.165) is 11.5 Å². The van der Waals surface area contributed by atoms with E-state index >= 15 is 0 Å². The summed E-state index contributed by atoms with van der Waals surface area (Å²) < 4.78 is 5.10. The number of aromatic hydroxyl groups is 1. The Morgan fingerprint density at radius 1 is 1.15 bits per heavy atom. The van der Waals surface area contributed by atoms with Crippen LogP contribution < -0.4 is 15.4 Å². The number of hydrogen-bond donors (Lipinski definition) is 3. The van der Waals surface area contributed by atoms with Crippen LogP contribution in [0.4, 0.5) is 0 Å². The van der Waals surface area contributed by atoms with Crippen LogP contribution in [0.5, 0.6) is 11.5 Å². The van der Waals surface area contributed by atoms with Crippen molar-refractivity contribution in [2.24, 2.45) is 4.99 Å². The lowest BCUT2D eigenvalue weighted by molar-refractivity contribution is 0.406. The Balaban J connectivity index is 1.87. The van der Waals surface area contributed by atoms with Crippen molar-refractivity contribution in [3.8, 4) is 11.5 Å². The van der Waals surface area contributed by atoms with Crippen molar-refractivity contribution in [1.82, 2.24) is 10.6 Å². The molecule has 140 valence electrons. The van der Waals surface area contributed by atoms with Gasteiger partial charge >= 0.3 is 0 Å². The number of thioether (sulfide) groups is 1. The zero-order chi connectivity index (χ0) is 18.9. The summed E-state index contributed by atoms with van der Waals surface area (Å²) in [4.78, 5) is 5.54. The highest BCUT2D eigenvalue weighted by molar-refractivity contribution is 7.98. The Morgan fingerprint density at radius 2 is 1.92 bits per heavy atom. The third-order valence-corrected chi connectivity index (χ3v) is 4.91. The molecule has 3 N–H and O–H groups in total. The minimum atomic E-state index is 0.248. The van der Waals surface area contributed by atoms with Crippen LogP contribution >= 0.6 is 11.8 Å². The molecule has 0 bridgehead atoms. The molecule has 0 saturated heterocycles. The number of methoxy groups -OCH3 is 1. The SMILES string of the molecule is CN=C(NCCc1ccc(OC)cc1O)NCc1ccc(C)cc1SC. The summed E-state index contributed by atoms with van der Waals surface area (Å²) in [5.74, 6) is 1.64. The first kappa shape index (κ1) is 20.0. The maximum Gasteiger partial charge on any atom is 0.191 e. The molecule has 0 aliphatic carbocycles. The normalized spacial score (nSPS) is 11.3. The third-order valence-electron chi connectivity index (χ3n) is 4.09. The van der Waals surface area contributed by atoms with E-state index in [1.54, 1.807) is 32.0 Å². The molecule has 0 atom stereocenters. The van der Waals surface area contributed by atoms with Crippen LogP contribution in [-0.2, 0) is 13.0 Å². The summed E-state index contributed by atoms with van der Waals surface area (Å²) in [7, 11) is 3.34. The first-order chi connectivity index (χ1) is 12.6. The molecule has 0 amide bonds. The highest BCUT2D eigenvalue weighted by atomic mass is 32.2. The maximum absolute atomic E-state index is 10.0. The Bertz CT molecular complexity index is 763. The largest absolute Gasteiger partial charge is 0.508 e. The summed E-state index contributed by atoms with van der Waals surface area (Å²) in [5, 5.41) is 16.6. The molecule has 0 aromatic heterocycles. The van der Waals surface area contributed by atoms with E-state index in [2.05, 4.69) is 47.0 Å². The standard InChI is InChI=1S/C20H27N3O2S/c1-14-5-6-16(19(11-14)26-4)13-23-20(21-2)22-10-9-15-7-8-17(25-3)12-18(15)24/h5-8,11-12,24H,9-10,13H2,1-4H3,(H2,21,22,23). The van der Waals surface area contributed by atoms with Crippen molar-refractivity contribution in [2.75, 3.05) is 27.0 Å². The minimum absolute atomic E-state index is 0.248. The Hall–Kier alpha value is -2.34. The quantitative estimate of drug-likeness (QED) is 0.395. The van der Waals surface area contributed by atoms with Gasteiger partial charge in [0.05, 0.1) is 7.11 Å². The summed E-state index contributed by atoms with van der Waals surface area (Å²) >= 11 is 1.75. The lowest BCUT2D eigenvalue weighted by Gasteiger charge is -2.14. The van der Waals surface area contributed by atoms with Crippen molar-refractivity contribution < 1.29 is 9.84 Å². The molecule has 0 heterocycles. The second kappa shape index (κ2) is 9.97. The van der Waals surface area contributed by atoms with Crippen LogP contribution in [0.15, 0.2) is 46.3 Å². The predicted molar refractivity (Wildman–Crippen MR) is 110 cm³/mol. The molecule has 0 aliphatic heterocycles. The molecule has 26 heavy (non-hydrogen) atoms. The summed E-state index contributed by atoms with van der Waals surface area (Å²) in [6.07, 6.45) is 2.78. The molecule has 0 saturated carbocycles. The van der Waals surface area contributed by atoms with Gasteiger partial charge in [-0.15, -0.1) is 11.8 Å². The predicted octanol–water partition coefficient (Wildman–Crippen LogP) is 3.34. The number of ether oxygens (including phenoxy) is 1. The van der Waals surface area contributed by atoms with Gasteiger partial charge in [-0.05, 0) is 48.4 Å². The Labute approximate surface area is 159 Å². The number of benzene rings is 2. The van der Waals surface area contributed by atoms with Gasteiger partial charge in [0.1, 0.15) is 11.5 Å². The number of aliphatic imine (C=N–C) groups is 1. The first-order valence-electron chi connectivity index (χ1n) is 8.51. The minimum Gasteiger partial charge on any atom is -0.508 e. The highest BCUT2D eigenvalue weighted by Gasteiger charge is 2.06.